The summed E-state index contributed by atoms with van der Waals surface area (Å²) >= 11 is 6.08. The Kier molecular flexibility index (Phi) is 3.07. The van der Waals surface area contributed by atoms with Gasteiger partial charge in [-0.1, -0.05) is 23.7 Å². The minimum atomic E-state index is -0.460. The highest BCUT2D eigenvalue weighted by Crippen LogP contribution is 2.33. The molecule has 0 aliphatic rings. The molecule has 1 heterocycles. The topological polar surface area (TPSA) is 30.2 Å². The van der Waals surface area contributed by atoms with Crippen LogP contribution in [0.25, 0.3) is 22.1 Å². The molecule has 0 amide bonds. The zero-order valence-electron chi connectivity index (χ0n) is 10.6. The van der Waals surface area contributed by atoms with E-state index in [2.05, 4.69) is 0 Å². The molecule has 100 valence electrons. The molecule has 1 aromatic heterocycles. The molecule has 3 rings (SSSR count). The van der Waals surface area contributed by atoms with E-state index in [-0.39, 0.29) is 5.02 Å². The summed E-state index contributed by atoms with van der Waals surface area (Å²) < 4.78 is 18.3. The normalized spacial score (nSPS) is 10.9. The highest BCUT2D eigenvalue weighted by Gasteiger charge is 2.11. The van der Waals surface area contributed by atoms with Gasteiger partial charge in [-0.15, -0.1) is 0 Å². The van der Waals surface area contributed by atoms with Crippen LogP contribution in [0.3, 0.4) is 0 Å². The fourth-order valence-corrected chi connectivity index (χ4v) is 2.47. The van der Waals surface area contributed by atoms with Crippen LogP contribution in [-0.2, 0) is 0 Å². The quantitative estimate of drug-likeness (QED) is 0.614. The minimum Gasteiger partial charge on any atom is -0.423 e. The molecule has 0 bridgehead atoms. The highest BCUT2D eigenvalue weighted by molar-refractivity contribution is 6.33. The molecule has 0 saturated carbocycles. The van der Waals surface area contributed by atoms with Gasteiger partial charge in [-0.25, -0.2) is 9.18 Å². The fraction of sp³-hybridized carbons (Fsp3) is 0.0625. The molecular weight excluding hydrogens is 279 g/mol. The molecular formula is C16H10ClFO2. The first-order valence-corrected chi connectivity index (χ1v) is 6.42. The molecule has 0 N–H and O–H groups in total. The molecule has 0 aliphatic carbocycles. The van der Waals surface area contributed by atoms with E-state index in [0.717, 1.165) is 10.9 Å². The predicted octanol–water partition coefficient (Wildman–Crippen LogP) is 4.56. The lowest BCUT2D eigenvalue weighted by atomic mass is 10.0. The van der Waals surface area contributed by atoms with E-state index in [4.69, 9.17) is 16.0 Å². The van der Waals surface area contributed by atoms with Crippen LogP contribution in [0.1, 0.15) is 5.56 Å². The first kappa shape index (κ1) is 12.9. The van der Waals surface area contributed by atoms with Crippen molar-refractivity contribution >= 4 is 22.6 Å². The van der Waals surface area contributed by atoms with Crippen molar-refractivity contribution in [2.75, 3.05) is 0 Å². The Balaban J connectivity index is 2.38. The summed E-state index contributed by atoms with van der Waals surface area (Å²) in [7, 11) is 0. The average molecular weight is 289 g/mol. The molecule has 0 fully saturated rings. The predicted molar refractivity (Wildman–Crippen MR) is 77.6 cm³/mol. The highest BCUT2D eigenvalue weighted by atomic mass is 35.5. The van der Waals surface area contributed by atoms with Crippen LogP contribution in [0, 0.1) is 12.7 Å². The smallest absolute Gasteiger partial charge is 0.336 e. The van der Waals surface area contributed by atoms with Crippen LogP contribution in [-0.4, -0.2) is 0 Å². The second-order valence-corrected chi connectivity index (χ2v) is 5.01. The van der Waals surface area contributed by atoms with Crippen molar-refractivity contribution in [3.05, 3.63) is 69.3 Å². The number of hydrogen-bond donors (Lipinski definition) is 0. The Morgan fingerprint density at radius 3 is 2.60 bits per heavy atom. The lowest BCUT2D eigenvalue weighted by Crippen LogP contribution is -1.98. The van der Waals surface area contributed by atoms with Crippen molar-refractivity contribution in [1.29, 1.82) is 0 Å². The number of rotatable bonds is 1. The minimum absolute atomic E-state index is 0.262. The van der Waals surface area contributed by atoms with Gasteiger partial charge >= 0.3 is 5.63 Å². The zero-order chi connectivity index (χ0) is 14.3. The third-order valence-electron chi connectivity index (χ3n) is 3.12. The van der Waals surface area contributed by atoms with Crippen LogP contribution in [0.2, 0.25) is 5.02 Å². The van der Waals surface area contributed by atoms with Gasteiger partial charge in [-0.3, -0.25) is 0 Å². The number of benzene rings is 2. The maximum atomic E-state index is 13.1. The molecule has 0 radical (unpaired) electrons. The molecule has 20 heavy (non-hydrogen) atoms. The SMILES string of the molecule is Cc1ccc2c(-c3ccc(F)cc3Cl)cc(=O)oc2c1. The Hall–Kier alpha value is -2.13. The second-order valence-electron chi connectivity index (χ2n) is 4.60. The van der Waals surface area contributed by atoms with Crippen LogP contribution in [0.4, 0.5) is 4.39 Å². The van der Waals surface area contributed by atoms with E-state index in [9.17, 15) is 9.18 Å². The molecule has 2 nitrogen and oxygen atoms in total. The Morgan fingerprint density at radius 2 is 1.85 bits per heavy atom. The Bertz CT molecular complexity index is 868. The summed E-state index contributed by atoms with van der Waals surface area (Å²) in [6.07, 6.45) is 0. The first-order chi connectivity index (χ1) is 9.54. The third-order valence-corrected chi connectivity index (χ3v) is 3.43. The molecule has 3 aromatic rings. The van der Waals surface area contributed by atoms with E-state index in [1.165, 1.54) is 18.2 Å². The van der Waals surface area contributed by atoms with Crippen LogP contribution >= 0.6 is 11.6 Å². The van der Waals surface area contributed by atoms with Crippen LogP contribution in [0.15, 0.2) is 51.7 Å². The monoisotopic (exact) mass is 288 g/mol. The summed E-state index contributed by atoms with van der Waals surface area (Å²) in [6, 6.07) is 11.0. The van der Waals surface area contributed by atoms with Crippen LogP contribution in [0.5, 0.6) is 0 Å². The van der Waals surface area contributed by atoms with E-state index in [1.54, 1.807) is 12.1 Å². The Morgan fingerprint density at radius 1 is 1.05 bits per heavy atom. The molecule has 0 atom stereocenters. The van der Waals surface area contributed by atoms with Crippen molar-refractivity contribution in [3.8, 4) is 11.1 Å². The Labute approximate surface area is 119 Å². The number of hydrogen-bond acceptors (Lipinski definition) is 2. The number of halogens is 2. The lowest BCUT2D eigenvalue weighted by Gasteiger charge is -2.08. The maximum absolute atomic E-state index is 13.1. The van der Waals surface area contributed by atoms with Gasteiger partial charge in [0.05, 0.1) is 5.02 Å². The van der Waals surface area contributed by atoms with Gasteiger partial charge in [-0.05, 0) is 36.8 Å². The summed E-state index contributed by atoms with van der Waals surface area (Å²) in [6.45, 7) is 1.91. The van der Waals surface area contributed by atoms with Crippen molar-refractivity contribution < 1.29 is 8.81 Å². The van der Waals surface area contributed by atoms with Gasteiger partial charge in [0.15, 0.2) is 0 Å². The van der Waals surface area contributed by atoms with E-state index >= 15 is 0 Å². The zero-order valence-corrected chi connectivity index (χ0v) is 11.4. The summed E-state index contributed by atoms with van der Waals surface area (Å²) in [5.41, 5.74) is 2.27. The molecule has 0 aliphatic heterocycles. The van der Waals surface area contributed by atoms with Crippen molar-refractivity contribution in [2.24, 2.45) is 0 Å². The molecule has 4 heteroatoms. The van der Waals surface area contributed by atoms with Gasteiger partial charge in [0, 0.05) is 22.6 Å². The summed E-state index contributed by atoms with van der Waals surface area (Å²) in [5, 5.41) is 1.03. The number of aryl methyl sites for hydroxylation is 1. The third kappa shape index (κ3) is 2.21. The van der Waals surface area contributed by atoms with E-state index < -0.39 is 11.4 Å². The number of fused-ring (bicyclic) bond motifs is 1. The second kappa shape index (κ2) is 4.76. The molecule has 0 unspecified atom stereocenters. The van der Waals surface area contributed by atoms with Gasteiger partial charge < -0.3 is 4.42 Å². The van der Waals surface area contributed by atoms with Gasteiger partial charge in [-0.2, -0.15) is 0 Å². The van der Waals surface area contributed by atoms with Crippen molar-refractivity contribution in [1.82, 2.24) is 0 Å². The van der Waals surface area contributed by atoms with Gasteiger partial charge in [0.1, 0.15) is 11.4 Å². The molecule has 0 saturated heterocycles. The average Bonchev–Trinajstić information content (AvgIpc) is 2.37. The lowest BCUT2D eigenvalue weighted by molar-refractivity contribution is 0.561. The largest absolute Gasteiger partial charge is 0.423 e. The fourth-order valence-electron chi connectivity index (χ4n) is 2.20. The van der Waals surface area contributed by atoms with Crippen LogP contribution < -0.4 is 5.63 Å². The molecule has 2 aromatic carbocycles. The van der Waals surface area contributed by atoms with Crippen molar-refractivity contribution in [3.63, 3.8) is 0 Å². The van der Waals surface area contributed by atoms with E-state index in [0.29, 0.717) is 16.7 Å². The summed E-state index contributed by atoms with van der Waals surface area (Å²) in [5.74, 6) is -0.415. The van der Waals surface area contributed by atoms with E-state index in [1.807, 2.05) is 19.1 Å². The van der Waals surface area contributed by atoms with Crippen molar-refractivity contribution in [2.45, 2.75) is 6.92 Å². The molecule has 0 spiro atoms. The standard InChI is InChI=1S/C16H10ClFO2/c1-9-2-4-12-13(8-16(19)20-15(12)6-9)11-5-3-10(18)7-14(11)17/h2-8H,1H3. The van der Waals surface area contributed by atoms with Gasteiger partial charge in [0.25, 0.3) is 0 Å². The first-order valence-electron chi connectivity index (χ1n) is 6.04. The maximum Gasteiger partial charge on any atom is 0.336 e. The van der Waals surface area contributed by atoms with Gasteiger partial charge in [0.2, 0.25) is 0 Å². The summed E-state index contributed by atoms with van der Waals surface area (Å²) in [4.78, 5) is 11.7.